The van der Waals surface area contributed by atoms with Crippen molar-refractivity contribution < 1.29 is 14.6 Å². The molecule has 3 rings (SSSR count). The van der Waals surface area contributed by atoms with Gasteiger partial charge in [0.25, 0.3) is 5.91 Å². The molecule has 128 valence electrons. The number of ether oxygens (including phenoxy) is 1. The van der Waals surface area contributed by atoms with Crippen LogP contribution in [0.4, 0.5) is 0 Å². The van der Waals surface area contributed by atoms with E-state index in [-0.39, 0.29) is 24.5 Å². The van der Waals surface area contributed by atoms with E-state index < -0.39 is 0 Å². The Labute approximate surface area is 146 Å². The Hall–Kier alpha value is -1.85. The minimum Gasteiger partial charge on any atom is -0.481 e. The molecule has 1 aromatic carbocycles. The smallest absolute Gasteiger partial charge is 0.260 e. The molecule has 0 spiro atoms. The van der Waals surface area contributed by atoms with Crippen molar-refractivity contribution in [2.45, 2.75) is 25.9 Å². The molecule has 1 N–H and O–H groups in total. The van der Waals surface area contributed by atoms with Crippen LogP contribution in [0, 0.1) is 5.92 Å². The van der Waals surface area contributed by atoms with E-state index in [0.717, 1.165) is 18.2 Å². The number of pyridine rings is 1. The van der Waals surface area contributed by atoms with Crippen molar-refractivity contribution >= 4 is 28.4 Å². The number of benzene rings is 1. The summed E-state index contributed by atoms with van der Waals surface area (Å²) >= 11 is 6.16. The molecule has 0 saturated carbocycles. The van der Waals surface area contributed by atoms with Crippen molar-refractivity contribution in [2.75, 3.05) is 19.7 Å². The van der Waals surface area contributed by atoms with Crippen molar-refractivity contribution in [3.05, 3.63) is 35.5 Å². The number of hydrogen-bond acceptors (Lipinski definition) is 4. The standard InChI is InChI=1S/C18H21ClN2O3/c1-12(22)13-6-9-21(10-7-13)17(23)11-24-16-5-4-15(19)14-3-2-8-20-18(14)16/h2-5,8,12-13,22H,6-7,9-11H2,1H3. The second-order valence-electron chi connectivity index (χ2n) is 6.19. The van der Waals surface area contributed by atoms with Gasteiger partial charge in [-0.15, -0.1) is 0 Å². The zero-order valence-corrected chi connectivity index (χ0v) is 14.4. The van der Waals surface area contributed by atoms with Crippen LogP contribution in [-0.4, -0.2) is 46.7 Å². The molecule has 2 heterocycles. The predicted octanol–water partition coefficient (Wildman–Crippen LogP) is 2.89. The maximum absolute atomic E-state index is 12.3. The molecule has 1 aliphatic rings. The molecule has 1 aliphatic heterocycles. The summed E-state index contributed by atoms with van der Waals surface area (Å²) in [5, 5.41) is 11.0. The molecule has 0 radical (unpaired) electrons. The lowest BCUT2D eigenvalue weighted by atomic mass is 9.92. The van der Waals surface area contributed by atoms with E-state index in [9.17, 15) is 9.90 Å². The Morgan fingerprint density at radius 1 is 1.42 bits per heavy atom. The Morgan fingerprint density at radius 3 is 2.88 bits per heavy atom. The SMILES string of the molecule is CC(O)C1CCN(C(=O)COc2ccc(Cl)c3cccnc23)CC1. The first-order chi connectivity index (χ1) is 11.6. The van der Waals surface area contributed by atoms with Crippen LogP contribution in [-0.2, 0) is 4.79 Å². The monoisotopic (exact) mass is 348 g/mol. The average Bonchev–Trinajstić information content (AvgIpc) is 2.61. The van der Waals surface area contributed by atoms with Crippen molar-refractivity contribution in [1.29, 1.82) is 0 Å². The molecule has 1 fully saturated rings. The fraction of sp³-hybridized carbons (Fsp3) is 0.444. The van der Waals surface area contributed by atoms with Crippen LogP contribution >= 0.6 is 11.6 Å². The summed E-state index contributed by atoms with van der Waals surface area (Å²) in [7, 11) is 0. The summed E-state index contributed by atoms with van der Waals surface area (Å²) in [6, 6.07) is 7.18. The van der Waals surface area contributed by atoms with Crippen molar-refractivity contribution in [2.24, 2.45) is 5.92 Å². The third kappa shape index (κ3) is 3.62. The number of piperidine rings is 1. The average molecular weight is 349 g/mol. The van der Waals surface area contributed by atoms with Gasteiger partial charge in [0.2, 0.25) is 0 Å². The number of nitrogens with zero attached hydrogens (tertiary/aromatic N) is 2. The van der Waals surface area contributed by atoms with Crippen molar-refractivity contribution in [3.63, 3.8) is 0 Å². The number of hydrogen-bond donors (Lipinski definition) is 1. The second-order valence-corrected chi connectivity index (χ2v) is 6.60. The molecule has 0 bridgehead atoms. The van der Waals surface area contributed by atoms with Gasteiger partial charge in [0.1, 0.15) is 11.3 Å². The minimum absolute atomic E-state index is 0.0212. The Kier molecular flexibility index (Phi) is 5.21. The lowest BCUT2D eigenvalue weighted by Crippen LogP contribution is -2.42. The molecule has 2 aromatic rings. The maximum atomic E-state index is 12.3. The van der Waals surface area contributed by atoms with E-state index in [0.29, 0.717) is 29.4 Å². The number of carbonyl (C=O) groups is 1. The summed E-state index contributed by atoms with van der Waals surface area (Å²) in [6.45, 7) is 3.12. The molecule has 1 saturated heterocycles. The van der Waals surface area contributed by atoms with Gasteiger partial charge >= 0.3 is 0 Å². The number of rotatable bonds is 4. The highest BCUT2D eigenvalue weighted by atomic mass is 35.5. The topological polar surface area (TPSA) is 62.7 Å². The zero-order valence-electron chi connectivity index (χ0n) is 13.6. The molecule has 1 unspecified atom stereocenters. The highest BCUT2D eigenvalue weighted by Gasteiger charge is 2.25. The molecular formula is C18H21ClN2O3. The highest BCUT2D eigenvalue weighted by molar-refractivity contribution is 6.35. The van der Waals surface area contributed by atoms with Crippen LogP contribution < -0.4 is 4.74 Å². The summed E-state index contributed by atoms with van der Waals surface area (Å²) < 4.78 is 5.70. The van der Waals surface area contributed by atoms with Crippen LogP contribution in [0.5, 0.6) is 5.75 Å². The number of likely N-dealkylation sites (tertiary alicyclic amines) is 1. The van der Waals surface area contributed by atoms with Crippen LogP contribution in [0.25, 0.3) is 10.9 Å². The maximum Gasteiger partial charge on any atom is 0.260 e. The van der Waals surface area contributed by atoms with Gasteiger partial charge in [0, 0.05) is 24.7 Å². The number of amides is 1. The summed E-state index contributed by atoms with van der Waals surface area (Å²) in [5.74, 6) is 0.791. The lowest BCUT2D eigenvalue weighted by molar-refractivity contribution is -0.135. The third-order valence-electron chi connectivity index (χ3n) is 4.61. The molecule has 1 aromatic heterocycles. The zero-order chi connectivity index (χ0) is 17.1. The Morgan fingerprint density at radius 2 is 2.17 bits per heavy atom. The minimum atomic E-state index is -0.315. The molecule has 1 atom stereocenters. The Balaban J connectivity index is 1.62. The first kappa shape index (κ1) is 17.0. The summed E-state index contributed by atoms with van der Waals surface area (Å²) in [4.78, 5) is 18.4. The number of carbonyl (C=O) groups excluding carboxylic acids is 1. The summed E-state index contributed by atoms with van der Waals surface area (Å²) in [5.41, 5.74) is 0.658. The molecule has 6 heteroatoms. The van der Waals surface area contributed by atoms with Gasteiger partial charge in [-0.05, 0) is 49.9 Å². The molecule has 5 nitrogen and oxygen atoms in total. The van der Waals surface area contributed by atoms with Gasteiger partial charge < -0.3 is 14.7 Å². The van der Waals surface area contributed by atoms with E-state index in [4.69, 9.17) is 16.3 Å². The molecule has 24 heavy (non-hydrogen) atoms. The van der Waals surface area contributed by atoms with Crippen molar-refractivity contribution in [1.82, 2.24) is 9.88 Å². The Bertz CT molecular complexity index is 727. The van der Waals surface area contributed by atoms with Gasteiger partial charge in [0.15, 0.2) is 6.61 Å². The largest absolute Gasteiger partial charge is 0.481 e. The lowest BCUT2D eigenvalue weighted by Gasteiger charge is -2.33. The predicted molar refractivity (Wildman–Crippen MR) is 93.2 cm³/mol. The van der Waals surface area contributed by atoms with Gasteiger partial charge in [-0.25, -0.2) is 0 Å². The first-order valence-corrected chi connectivity index (χ1v) is 8.56. The molecule has 0 aliphatic carbocycles. The van der Waals surface area contributed by atoms with E-state index in [1.54, 1.807) is 23.2 Å². The number of halogens is 1. The van der Waals surface area contributed by atoms with Gasteiger partial charge in [0.05, 0.1) is 11.1 Å². The number of aliphatic hydroxyl groups excluding tert-OH is 1. The van der Waals surface area contributed by atoms with Crippen LogP contribution in [0.15, 0.2) is 30.5 Å². The third-order valence-corrected chi connectivity index (χ3v) is 4.93. The second kappa shape index (κ2) is 7.36. The van der Waals surface area contributed by atoms with Gasteiger partial charge in [-0.3, -0.25) is 9.78 Å². The fourth-order valence-electron chi connectivity index (χ4n) is 3.09. The number of fused-ring (bicyclic) bond motifs is 1. The highest BCUT2D eigenvalue weighted by Crippen LogP contribution is 2.29. The van der Waals surface area contributed by atoms with Crippen molar-refractivity contribution in [3.8, 4) is 5.75 Å². The molecular weight excluding hydrogens is 328 g/mol. The van der Waals surface area contributed by atoms with E-state index in [1.807, 2.05) is 19.1 Å². The summed E-state index contributed by atoms with van der Waals surface area (Å²) in [6.07, 6.45) is 3.02. The number of aromatic nitrogens is 1. The fourth-order valence-corrected chi connectivity index (χ4v) is 3.31. The van der Waals surface area contributed by atoms with E-state index in [2.05, 4.69) is 4.98 Å². The normalized spacial score (nSPS) is 17.0. The van der Waals surface area contributed by atoms with Crippen LogP contribution in [0.3, 0.4) is 0 Å². The van der Waals surface area contributed by atoms with Crippen LogP contribution in [0.1, 0.15) is 19.8 Å². The van der Waals surface area contributed by atoms with Gasteiger partial charge in [-0.2, -0.15) is 0 Å². The van der Waals surface area contributed by atoms with E-state index >= 15 is 0 Å². The quantitative estimate of drug-likeness (QED) is 0.922. The van der Waals surface area contributed by atoms with Gasteiger partial charge in [-0.1, -0.05) is 11.6 Å². The number of aliphatic hydroxyl groups is 1. The van der Waals surface area contributed by atoms with Crippen LogP contribution in [0.2, 0.25) is 5.02 Å². The first-order valence-electron chi connectivity index (χ1n) is 8.18. The van der Waals surface area contributed by atoms with E-state index in [1.165, 1.54) is 0 Å². The molecule has 1 amide bonds.